The van der Waals surface area contributed by atoms with E-state index in [1.165, 1.54) is 18.4 Å². The van der Waals surface area contributed by atoms with Gasteiger partial charge in [0, 0.05) is 6.61 Å². The standard InChI is InChI=1S/C14H28N2O/c1-5-17-14(8-6-12(4)7-9-14)13(16-15)10-11(2)3/h10,12-13,16H,5-9,15H2,1-4H3. The molecule has 1 aliphatic carbocycles. The van der Waals surface area contributed by atoms with Crippen LogP contribution in [0.15, 0.2) is 11.6 Å². The van der Waals surface area contributed by atoms with Crippen LogP contribution < -0.4 is 11.3 Å². The van der Waals surface area contributed by atoms with Gasteiger partial charge in [0.2, 0.25) is 0 Å². The van der Waals surface area contributed by atoms with Crippen LogP contribution in [0.25, 0.3) is 0 Å². The Morgan fingerprint density at radius 3 is 2.47 bits per heavy atom. The molecule has 3 heteroatoms. The topological polar surface area (TPSA) is 47.3 Å². The molecule has 1 fully saturated rings. The number of rotatable bonds is 5. The van der Waals surface area contributed by atoms with Crippen LogP contribution in [-0.4, -0.2) is 18.2 Å². The van der Waals surface area contributed by atoms with Gasteiger partial charge in [-0.25, -0.2) is 0 Å². The van der Waals surface area contributed by atoms with E-state index in [2.05, 4.69) is 39.2 Å². The second kappa shape index (κ2) is 6.53. The highest BCUT2D eigenvalue weighted by Gasteiger charge is 2.40. The summed E-state index contributed by atoms with van der Waals surface area (Å²) in [5, 5.41) is 0. The van der Waals surface area contributed by atoms with E-state index in [1.54, 1.807) is 0 Å². The third-order valence-electron chi connectivity index (χ3n) is 3.80. The number of allylic oxidation sites excluding steroid dienone is 1. The molecule has 0 aliphatic heterocycles. The maximum atomic E-state index is 6.09. The first-order valence-corrected chi connectivity index (χ1v) is 6.79. The number of nitrogens with one attached hydrogen (secondary N) is 1. The van der Waals surface area contributed by atoms with Crippen LogP contribution in [0.1, 0.15) is 53.4 Å². The summed E-state index contributed by atoms with van der Waals surface area (Å²) < 4.78 is 6.09. The number of hydrogen-bond donors (Lipinski definition) is 2. The van der Waals surface area contributed by atoms with Crippen molar-refractivity contribution >= 4 is 0 Å². The molecule has 0 saturated heterocycles. The summed E-state index contributed by atoms with van der Waals surface area (Å²) in [5.41, 5.74) is 4.12. The Kier molecular flexibility index (Phi) is 5.63. The summed E-state index contributed by atoms with van der Waals surface area (Å²) in [6.07, 6.45) is 6.86. The Morgan fingerprint density at radius 1 is 1.47 bits per heavy atom. The maximum absolute atomic E-state index is 6.09. The average Bonchev–Trinajstić information content (AvgIpc) is 2.29. The van der Waals surface area contributed by atoms with Gasteiger partial charge in [0.05, 0.1) is 11.6 Å². The van der Waals surface area contributed by atoms with Crippen molar-refractivity contribution in [1.82, 2.24) is 5.43 Å². The van der Waals surface area contributed by atoms with Crippen molar-refractivity contribution in [1.29, 1.82) is 0 Å². The van der Waals surface area contributed by atoms with Gasteiger partial charge < -0.3 is 4.74 Å². The molecule has 0 amide bonds. The summed E-state index contributed by atoms with van der Waals surface area (Å²) in [7, 11) is 0. The second-order valence-corrected chi connectivity index (χ2v) is 5.57. The molecule has 17 heavy (non-hydrogen) atoms. The number of nitrogens with two attached hydrogens (primary N) is 1. The maximum Gasteiger partial charge on any atom is 0.0883 e. The fraction of sp³-hybridized carbons (Fsp3) is 0.857. The minimum atomic E-state index is -0.104. The molecule has 100 valence electrons. The lowest BCUT2D eigenvalue weighted by Gasteiger charge is -2.43. The first-order chi connectivity index (χ1) is 8.04. The predicted octanol–water partition coefficient (Wildman–Crippen LogP) is 2.77. The van der Waals surface area contributed by atoms with Crippen molar-refractivity contribution in [2.75, 3.05) is 6.61 Å². The van der Waals surface area contributed by atoms with Gasteiger partial charge in [0.1, 0.15) is 0 Å². The molecule has 0 radical (unpaired) electrons. The normalized spacial score (nSPS) is 31.0. The van der Waals surface area contributed by atoms with Gasteiger partial charge in [-0.1, -0.05) is 18.6 Å². The molecular weight excluding hydrogens is 212 g/mol. The molecule has 3 N–H and O–H groups in total. The highest BCUT2D eigenvalue weighted by molar-refractivity contribution is 5.10. The molecule has 0 aromatic rings. The van der Waals surface area contributed by atoms with Gasteiger partial charge in [-0.05, 0) is 52.4 Å². The quantitative estimate of drug-likeness (QED) is 0.441. The predicted molar refractivity (Wildman–Crippen MR) is 72.5 cm³/mol. The lowest BCUT2D eigenvalue weighted by molar-refractivity contribution is -0.0864. The summed E-state index contributed by atoms with van der Waals surface area (Å²) in [5.74, 6) is 6.54. The SMILES string of the molecule is CCOC1(C(C=C(C)C)NN)CCC(C)CC1. The second-order valence-electron chi connectivity index (χ2n) is 5.57. The van der Waals surface area contributed by atoms with Crippen molar-refractivity contribution in [3.8, 4) is 0 Å². The van der Waals surface area contributed by atoms with Crippen molar-refractivity contribution in [3.63, 3.8) is 0 Å². The molecule has 0 aromatic heterocycles. The lowest BCUT2D eigenvalue weighted by atomic mass is 9.75. The first-order valence-electron chi connectivity index (χ1n) is 6.79. The van der Waals surface area contributed by atoms with Crippen molar-refractivity contribution in [2.45, 2.75) is 65.0 Å². The molecule has 1 aliphatic rings. The highest BCUT2D eigenvalue weighted by atomic mass is 16.5. The van der Waals surface area contributed by atoms with Gasteiger partial charge in [0.15, 0.2) is 0 Å². The average molecular weight is 240 g/mol. The fourth-order valence-corrected chi connectivity index (χ4v) is 2.77. The Bertz CT molecular complexity index is 251. The van der Waals surface area contributed by atoms with E-state index in [0.717, 1.165) is 25.4 Å². The van der Waals surface area contributed by atoms with Crippen molar-refractivity contribution in [3.05, 3.63) is 11.6 Å². The van der Waals surface area contributed by atoms with Crippen LogP contribution in [0, 0.1) is 5.92 Å². The minimum Gasteiger partial charge on any atom is -0.373 e. The summed E-state index contributed by atoms with van der Waals surface area (Å²) >= 11 is 0. The van der Waals surface area contributed by atoms with Gasteiger partial charge in [-0.2, -0.15) is 0 Å². The zero-order valence-electron chi connectivity index (χ0n) is 11.8. The Balaban J connectivity index is 2.85. The molecule has 0 bridgehead atoms. The van der Waals surface area contributed by atoms with E-state index in [4.69, 9.17) is 10.6 Å². The molecule has 0 spiro atoms. The van der Waals surface area contributed by atoms with Gasteiger partial charge >= 0.3 is 0 Å². The Hall–Kier alpha value is -0.380. The zero-order chi connectivity index (χ0) is 12.9. The van der Waals surface area contributed by atoms with Crippen LogP contribution in [0.5, 0.6) is 0 Å². The molecule has 3 nitrogen and oxygen atoms in total. The van der Waals surface area contributed by atoms with E-state index in [1.807, 2.05) is 0 Å². The highest BCUT2D eigenvalue weighted by Crippen LogP contribution is 2.37. The van der Waals surface area contributed by atoms with Crippen molar-refractivity contribution in [2.24, 2.45) is 11.8 Å². The van der Waals surface area contributed by atoms with Crippen LogP contribution in [0.2, 0.25) is 0 Å². The Labute approximate surface area is 106 Å². The summed E-state index contributed by atoms with van der Waals surface area (Å²) in [6.45, 7) is 9.35. The smallest absolute Gasteiger partial charge is 0.0883 e. The molecule has 1 rings (SSSR count). The van der Waals surface area contributed by atoms with E-state index in [-0.39, 0.29) is 11.6 Å². The van der Waals surface area contributed by atoms with Gasteiger partial charge in [-0.3, -0.25) is 11.3 Å². The third-order valence-corrected chi connectivity index (χ3v) is 3.80. The summed E-state index contributed by atoms with van der Waals surface area (Å²) in [6, 6.07) is 0.125. The Morgan fingerprint density at radius 2 is 2.06 bits per heavy atom. The number of hydrogen-bond acceptors (Lipinski definition) is 3. The zero-order valence-corrected chi connectivity index (χ0v) is 11.8. The number of hydrazine groups is 1. The largest absolute Gasteiger partial charge is 0.373 e. The van der Waals surface area contributed by atoms with Gasteiger partial charge in [0.25, 0.3) is 0 Å². The molecule has 1 unspecified atom stereocenters. The minimum absolute atomic E-state index is 0.104. The first kappa shape index (κ1) is 14.7. The fourth-order valence-electron chi connectivity index (χ4n) is 2.77. The van der Waals surface area contributed by atoms with E-state index in [0.29, 0.717) is 0 Å². The summed E-state index contributed by atoms with van der Waals surface area (Å²) in [4.78, 5) is 0. The molecule has 1 saturated carbocycles. The third kappa shape index (κ3) is 3.80. The lowest BCUT2D eigenvalue weighted by Crippen LogP contribution is -2.55. The molecular formula is C14H28N2O. The van der Waals surface area contributed by atoms with Crippen LogP contribution in [0.3, 0.4) is 0 Å². The van der Waals surface area contributed by atoms with Crippen LogP contribution >= 0.6 is 0 Å². The molecule has 0 aromatic carbocycles. The number of ether oxygens (including phenoxy) is 1. The monoisotopic (exact) mass is 240 g/mol. The van der Waals surface area contributed by atoms with E-state index in [9.17, 15) is 0 Å². The van der Waals surface area contributed by atoms with Gasteiger partial charge in [-0.15, -0.1) is 0 Å². The van der Waals surface area contributed by atoms with Crippen LogP contribution in [0.4, 0.5) is 0 Å². The molecule has 1 atom stereocenters. The van der Waals surface area contributed by atoms with E-state index >= 15 is 0 Å². The van der Waals surface area contributed by atoms with E-state index < -0.39 is 0 Å². The molecule has 0 heterocycles. The van der Waals surface area contributed by atoms with Crippen LogP contribution in [-0.2, 0) is 4.74 Å². The van der Waals surface area contributed by atoms with Crippen molar-refractivity contribution < 1.29 is 4.74 Å².